The van der Waals surface area contributed by atoms with Gasteiger partial charge in [0.2, 0.25) is 0 Å². The van der Waals surface area contributed by atoms with Crippen molar-refractivity contribution >= 4 is 33.7 Å². The van der Waals surface area contributed by atoms with Crippen molar-refractivity contribution in [3.63, 3.8) is 0 Å². The van der Waals surface area contributed by atoms with E-state index in [-0.39, 0.29) is 6.42 Å². The molecule has 0 saturated carbocycles. The predicted molar refractivity (Wildman–Crippen MR) is 102 cm³/mol. The quantitative estimate of drug-likeness (QED) is 0.541. The smallest absolute Gasteiger partial charge is 0.326 e. The van der Waals surface area contributed by atoms with Crippen LogP contribution in [-0.4, -0.2) is 28.0 Å². The molecule has 5 heteroatoms. The fourth-order valence-corrected chi connectivity index (χ4v) is 2.89. The summed E-state index contributed by atoms with van der Waals surface area (Å²) < 4.78 is 0. The molecule has 132 valence electrons. The maximum atomic E-state index is 13.0. The van der Waals surface area contributed by atoms with E-state index in [0.717, 1.165) is 5.57 Å². The molecule has 0 aliphatic heterocycles. The average Bonchev–Trinajstić information content (AvgIpc) is 2.62. The van der Waals surface area contributed by atoms with Crippen molar-refractivity contribution in [3.05, 3.63) is 65.7 Å². The number of amides is 1. The fraction of sp³-hybridized carbons (Fsp3) is 0.190. The van der Waals surface area contributed by atoms with Gasteiger partial charge in [0.05, 0.1) is 16.6 Å². The Balaban J connectivity index is 2.08. The van der Waals surface area contributed by atoms with Gasteiger partial charge in [-0.05, 0) is 32.4 Å². The lowest BCUT2D eigenvalue weighted by Crippen LogP contribution is -2.40. The number of carboxylic acids is 1. The third kappa shape index (κ3) is 3.57. The van der Waals surface area contributed by atoms with Crippen LogP contribution in [0.4, 0.5) is 0 Å². The topological polar surface area (TPSA) is 79.3 Å². The van der Waals surface area contributed by atoms with Crippen molar-refractivity contribution in [2.24, 2.45) is 0 Å². The average molecular weight is 348 g/mol. The molecule has 1 heterocycles. The monoisotopic (exact) mass is 348 g/mol. The van der Waals surface area contributed by atoms with E-state index >= 15 is 0 Å². The molecule has 0 unspecified atom stereocenters. The molecule has 0 spiro atoms. The second-order valence-corrected chi connectivity index (χ2v) is 6.40. The number of carbonyl (C=O) groups is 2. The zero-order chi connectivity index (χ0) is 18.7. The molecule has 0 bridgehead atoms. The summed E-state index contributed by atoms with van der Waals surface area (Å²) >= 11 is 0. The second-order valence-electron chi connectivity index (χ2n) is 6.40. The van der Waals surface area contributed by atoms with E-state index in [2.05, 4.69) is 10.3 Å². The Labute approximate surface area is 151 Å². The molecule has 0 aliphatic rings. The van der Waals surface area contributed by atoms with E-state index in [1.54, 1.807) is 0 Å². The summed E-state index contributed by atoms with van der Waals surface area (Å²) in [7, 11) is 0. The van der Waals surface area contributed by atoms with Crippen LogP contribution >= 0.6 is 0 Å². The molecule has 2 aromatic carbocycles. The maximum absolute atomic E-state index is 13.0. The Kier molecular flexibility index (Phi) is 4.98. The first kappa shape index (κ1) is 17.6. The molecule has 1 atom stereocenters. The summed E-state index contributed by atoms with van der Waals surface area (Å²) in [6.07, 6.45) is 2.05. The van der Waals surface area contributed by atoms with Crippen LogP contribution in [0.15, 0.2) is 60.2 Å². The Morgan fingerprint density at radius 2 is 1.58 bits per heavy atom. The molecule has 0 saturated heterocycles. The van der Waals surface area contributed by atoms with Gasteiger partial charge in [-0.2, -0.15) is 0 Å². The van der Waals surface area contributed by atoms with E-state index < -0.39 is 17.9 Å². The van der Waals surface area contributed by atoms with Crippen molar-refractivity contribution in [3.8, 4) is 0 Å². The molecule has 1 amide bonds. The van der Waals surface area contributed by atoms with Gasteiger partial charge in [0.1, 0.15) is 6.04 Å². The summed E-state index contributed by atoms with van der Waals surface area (Å²) in [4.78, 5) is 29.1. The van der Waals surface area contributed by atoms with Crippen LogP contribution in [0.2, 0.25) is 0 Å². The van der Waals surface area contributed by atoms with E-state index in [9.17, 15) is 14.7 Å². The summed E-state index contributed by atoms with van der Waals surface area (Å²) in [5, 5.41) is 13.5. The second kappa shape index (κ2) is 7.35. The van der Waals surface area contributed by atoms with Gasteiger partial charge in [0, 0.05) is 10.8 Å². The Hall–Kier alpha value is -3.21. The number of fused-ring (bicyclic) bond motifs is 2. The lowest BCUT2D eigenvalue weighted by atomic mass is 10.0. The van der Waals surface area contributed by atoms with Gasteiger partial charge in [-0.3, -0.25) is 4.79 Å². The van der Waals surface area contributed by atoms with Crippen molar-refractivity contribution in [2.45, 2.75) is 26.3 Å². The molecule has 2 N–H and O–H groups in total. The Morgan fingerprint density at radius 1 is 1.04 bits per heavy atom. The molecule has 1 aromatic heterocycles. The van der Waals surface area contributed by atoms with Crippen molar-refractivity contribution in [1.82, 2.24) is 10.3 Å². The number of carbonyl (C=O) groups excluding carboxylic acids is 1. The zero-order valence-corrected chi connectivity index (χ0v) is 14.7. The molecule has 3 rings (SSSR count). The van der Waals surface area contributed by atoms with Gasteiger partial charge in [0.25, 0.3) is 5.91 Å². The maximum Gasteiger partial charge on any atom is 0.326 e. The fourth-order valence-electron chi connectivity index (χ4n) is 2.89. The lowest BCUT2D eigenvalue weighted by Gasteiger charge is -2.15. The van der Waals surface area contributed by atoms with Crippen molar-refractivity contribution in [1.29, 1.82) is 0 Å². The number of para-hydroxylation sites is 2. The van der Waals surface area contributed by atoms with Crippen LogP contribution in [0.3, 0.4) is 0 Å². The molecular formula is C21H20N2O3. The number of rotatable bonds is 5. The van der Waals surface area contributed by atoms with E-state index in [4.69, 9.17) is 0 Å². The molecule has 5 nitrogen and oxygen atoms in total. The van der Waals surface area contributed by atoms with Gasteiger partial charge in [0.15, 0.2) is 0 Å². The van der Waals surface area contributed by atoms with Gasteiger partial charge < -0.3 is 10.4 Å². The summed E-state index contributed by atoms with van der Waals surface area (Å²) in [5.74, 6) is -1.46. The molecular weight excluding hydrogens is 328 g/mol. The van der Waals surface area contributed by atoms with Crippen LogP contribution in [0.1, 0.15) is 30.6 Å². The molecule has 26 heavy (non-hydrogen) atoms. The van der Waals surface area contributed by atoms with Crippen LogP contribution in [-0.2, 0) is 4.79 Å². The number of aliphatic carboxylic acids is 1. The highest BCUT2D eigenvalue weighted by molar-refractivity contribution is 6.16. The van der Waals surface area contributed by atoms with Crippen LogP contribution < -0.4 is 5.32 Å². The number of hydrogen-bond acceptors (Lipinski definition) is 3. The number of carboxylic acid groups (broad SMARTS) is 1. The first-order chi connectivity index (χ1) is 12.5. The number of pyridine rings is 1. The van der Waals surface area contributed by atoms with Crippen molar-refractivity contribution in [2.75, 3.05) is 0 Å². The Bertz CT molecular complexity index is 966. The lowest BCUT2D eigenvalue weighted by molar-refractivity contribution is -0.139. The molecule has 0 fully saturated rings. The first-order valence-corrected chi connectivity index (χ1v) is 8.42. The number of nitrogens with one attached hydrogen (secondary N) is 1. The molecule has 0 aliphatic carbocycles. The zero-order valence-electron chi connectivity index (χ0n) is 14.7. The third-order valence-corrected chi connectivity index (χ3v) is 4.18. The van der Waals surface area contributed by atoms with Gasteiger partial charge in [-0.25, -0.2) is 9.78 Å². The third-order valence-electron chi connectivity index (χ3n) is 4.18. The highest BCUT2D eigenvalue weighted by atomic mass is 16.4. The standard InChI is InChI=1S/C21H20N2O3/c1-13(2)11-12-18(21(25)26)23-20(24)19-14-7-3-5-9-16(14)22-17-10-6-4-8-15(17)19/h3-11,18H,12H2,1-2H3,(H,23,24)(H,25,26)/t18-/m1/s1. The summed E-state index contributed by atoms with van der Waals surface area (Å²) in [5.41, 5.74) is 2.86. The minimum absolute atomic E-state index is 0.240. The van der Waals surface area contributed by atoms with Gasteiger partial charge in [-0.15, -0.1) is 0 Å². The number of benzene rings is 2. The first-order valence-electron chi connectivity index (χ1n) is 8.42. The highest BCUT2D eigenvalue weighted by Crippen LogP contribution is 2.26. The van der Waals surface area contributed by atoms with Crippen LogP contribution in [0.5, 0.6) is 0 Å². The SMILES string of the molecule is CC(C)=CC[C@@H](NC(=O)c1c2ccccc2nc2ccccc12)C(=O)O. The van der Waals surface area contributed by atoms with E-state index in [1.807, 2.05) is 68.5 Å². The van der Waals surface area contributed by atoms with E-state index in [0.29, 0.717) is 27.4 Å². The van der Waals surface area contributed by atoms with Crippen LogP contribution in [0.25, 0.3) is 21.8 Å². The minimum Gasteiger partial charge on any atom is -0.480 e. The highest BCUT2D eigenvalue weighted by Gasteiger charge is 2.22. The van der Waals surface area contributed by atoms with Crippen molar-refractivity contribution < 1.29 is 14.7 Å². The van der Waals surface area contributed by atoms with Crippen LogP contribution in [0, 0.1) is 0 Å². The molecule has 3 aromatic rings. The predicted octanol–water partition coefficient (Wildman–Crippen LogP) is 3.93. The number of nitrogens with zero attached hydrogens (tertiary/aromatic N) is 1. The molecule has 0 radical (unpaired) electrons. The van der Waals surface area contributed by atoms with Gasteiger partial charge in [-0.1, -0.05) is 48.0 Å². The normalized spacial score (nSPS) is 11.9. The summed E-state index contributed by atoms with van der Waals surface area (Å²) in [6, 6.07) is 13.8. The number of allylic oxidation sites excluding steroid dienone is 1. The Morgan fingerprint density at radius 3 is 2.08 bits per heavy atom. The number of hydrogen-bond donors (Lipinski definition) is 2. The van der Waals surface area contributed by atoms with E-state index in [1.165, 1.54) is 0 Å². The number of aromatic nitrogens is 1. The largest absolute Gasteiger partial charge is 0.480 e. The summed E-state index contributed by atoms with van der Waals surface area (Å²) in [6.45, 7) is 3.79. The van der Waals surface area contributed by atoms with Gasteiger partial charge >= 0.3 is 5.97 Å². The minimum atomic E-state index is -1.06.